The van der Waals surface area contributed by atoms with Crippen LogP contribution < -0.4 is 0 Å². The van der Waals surface area contributed by atoms with Crippen LogP contribution in [-0.4, -0.2) is 23.0 Å². The van der Waals surface area contributed by atoms with E-state index in [1.165, 1.54) is 4.42 Å². The van der Waals surface area contributed by atoms with E-state index < -0.39 is 5.60 Å². The van der Waals surface area contributed by atoms with Crippen molar-refractivity contribution in [2.75, 3.05) is 6.73 Å². The Bertz CT molecular complexity index is 448. The zero-order valence-electron chi connectivity index (χ0n) is 7.93. The minimum Gasteiger partial charge on any atom is -0.339 e. The molecule has 0 N–H and O–H groups in total. The van der Waals surface area contributed by atoms with E-state index in [-0.39, 0.29) is 0 Å². The summed E-state index contributed by atoms with van der Waals surface area (Å²) < 4.78 is 7.27. The molecule has 0 bridgehead atoms. The summed E-state index contributed by atoms with van der Waals surface area (Å²) in [6.45, 7) is 0.384. The van der Waals surface area contributed by atoms with Gasteiger partial charge in [0.05, 0.1) is 0 Å². The fourth-order valence-electron chi connectivity index (χ4n) is 1.99. The van der Waals surface area contributed by atoms with Crippen LogP contribution in [0.5, 0.6) is 0 Å². The molecule has 3 aliphatic rings. The number of hydrogen-bond donors (Lipinski definition) is 0. The van der Waals surface area contributed by atoms with E-state index in [0.29, 0.717) is 6.73 Å². The van der Waals surface area contributed by atoms with Gasteiger partial charge in [0, 0.05) is 41.5 Å². The summed E-state index contributed by atoms with van der Waals surface area (Å²) in [5.74, 6) is 0. The molecule has 1 atom stereocenters. The van der Waals surface area contributed by atoms with Gasteiger partial charge in [0.2, 0.25) is 0 Å². The highest BCUT2D eigenvalue weighted by atomic mass is 35.5. The maximum Gasteiger partial charge on any atom is 0.143 e. The van der Waals surface area contributed by atoms with Crippen molar-refractivity contribution in [2.24, 2.45) is 4.99 Å². The zero-order valence-corrected chi connectivity index (χ0v) is 8.69. The second-order valence-corrected chi connectivity index (χ2v) is 3.94. The van der Waals surface area contributed by atoms with E-state index in [1.807, 2.05) is 42.9 Å². The number of hydrogen-bond acceptors (Lipinski definition) is 3. The number of allylic oxidation sites excluding steroid dienone is 2. The first-order valence-corrected chi connectivity index (χ1v) is 5.03. The molecule has 0 aromatic carbocycles. The number of halogens is 1. The van der Waals surface area contributed by atoms with Crippen molar-refractivity contribution < 1.29 is 4.74 Å². The molecule has 3 nitrogen and oxygen atoms in total. The van der Waals surface area contributed by atoms with Crippen LogP contribution in [-0.2, 0) is 4.74 Å². The van der Waals surface area contributed by atoms with Gasteiger partial charge >= 0.3 is 0 Å². The third-order valence-corrected chi connectivity index (χ3v) is 2.89. The number of nitrogens with zero attached hydrogens (tertiary/aromatic N) is 2. The van der Waals surface area contributed by atoms with Crippen molar-refractivity contribution >= 4 is 18.0 Å². The molecule has 76 valence electrons. The van der Waals surface area contributed by atoms with Gasteiger partial charge in [0.25, 0.3) is 0 Å². The van der Waals surface area contributed by atoms with Crippen molar-refractivity contribution in [3.8, 4) is 0 Å². The van der Waals surface area contributed by atoms with Crippen molar-refractivity contribution in [1.29, 1.82) is 0 Å². The Morgan fingerprint density at radius 3 is 3.13 bits per heavy atom. The molecule has 2 heterocycles. The second kappa shape index (κ2) is 3.08. The lowest BCUT2D eigenvalue weighted by atomic mass is 9.82. The zero-order chi connectivity index (χ0) is 10.3. The maximum absolute atomic E-state index is 5.96. The van der Waals surface area contributed by atoms with Crippen LogP contribution in [0.3, 0.4) is 0 Å². The molecule has 0 aromatic rings. The van der Waals surface area contributed by atoms with Crippen LogP contribution in [0.4, 0.5) is 0 Å². The van der Waals surface area contributed by atoms with Crippen LogP contribution in [0.2, 0.25) is 0 Å². The molecular formula is C11H9ClN2O. The molecule has 0 radical (unpaired) electrons. The third kappa shape index (κ3) is 1.20. The minimum atomic E-state index is -0.470. The summed E-state index contributed by atoms with van der Waals surface area (Å²) in [7, 11) is 0. The summed E-state index contributed by atoms with van der Waals surface area (Å²) >= 11 is 5.96. The van der Waals surface area contributed by atoms with Crippen LogP contribution in [0.25, 0.3) is 0 Å². The average Bonchev–Trinajstić information content (AvgIpc) is 2.26. The first-order chi connectivity index (χ1) is 7.31. The minimum absolute atomic E-state index is 0.384. The van der Waals surface area contributed by atoms with Crippen LogP contribution in [0.15, 0.2) is 52.8 Å². The van der Waals surface area contributed by atoms with Crippen molar-refractivity contribution in [3.63, 3.8) is 0 Å². The van der Waals surface area contributed by atoms with E-state index in [0.717, 1.165) is 11.1 Å². The molecular weight excluding hydrogens is 212 g/mol. The Morgan fingerprint density at radius 2 is 2.20 bits per heavy atom. The van der Waals surface area contributed by atoms with E-state index >= 15 is 0 Å². The molecule has 1 unspecified atom stereocenters. The number of ether oxygens (including phenoxy) is 1. The van der Waals surface area contributed by atoms with Gasteiger partial charge in [-0.1, -0.05) is 18.2 Å². The summed E-state index contributed by atoms with van der Waals surface area (Å²) in [5.41, 5.74) is 1.52. The van der Waals surface area contributed by atoms with E-state index in [1.54, 1.807) is 0 Å². The summed E-state index contributed by atoms with van der Waals surface area (Å²) in [6.07, 6.45) is 13.5. The standard InChI is InChI=1S/C11H9ClN2O/c12-14-6-9-3-1-2-4-11(9)10(7-14)5-13-8-15-11/h1-7H,8H2. The molecule has 2 aliphatic heterocycles. The van der Waals surface area contributed by atoms with Crippen molar-refractivity contribution in [3.05, 3.63) is 47.9 Å². The van der Waals surface area contributed by atoms with Crippen molar-refractivity contribution in [2.45, 2.75) is 5.60 Å². The molecule has 3 rings (SSSR count). The highest BCUT2D eigenvalue weighted by Crippen LogP contribution is 2.39. The first-order valence-electron chi connectivity index (χ1n) is 4.70. The van der Waals surface area contributed by atoms with Gasteiger partial charge in [-0.05, 0) is 6.08 Å². The molecule has 15 heavy (non-hydrogen) atoms. The lowest BCUT2D eigenvalue weighted by Crippen LogP contribution is -2.41. The van der Waals surface area contributed by atoms with E-state index in [2.05, 4.69) is 4.99 Å². The topological polar surface area (TPSA) is 24.8 Å². The molecule has 1 aliphatic carbocycles. The number of rotatable bonds is 0. The molecule has 0 aromatic heterocycles. The van der Waals surface area contributed by atoms with Gasteiger partial charge in [-0.2, -0.15) is 0 Å². The molecule has 1 spiro atoms. The van der Waals surface area contributed by atoms with Crippen molar-refractivity contribution in [1.82, 2.24) is 4.42 Å². The lowest BCUT2D eigenvalue weighted by molar-refractivity contribution is 0.0484. The highest BCUT2D eigenvalue weighted by molar-refractivity contribution is 6.15. The van der Waals surface area contributed by atoms with Crippen LogP contribution >= 0.6 is 11.8 Å². The van der Waals surface area contributed by atoms with Crippen LogP contribution in [0, 0.1) is 0 Å². The predicted molar refractivity (Wildman–Crippen MR) is 59.3 cm³/mol. The largest absolute Gasteiger partial charge is 0.339 e. The Morgan fingerprint density at radius 1 is 1.33 bits per heavy atom. The second-order valence-electron chi connectivity index (χ2n) is 3.55. The molecule has 0 saturated heterocycles. The van der Waals surface area contributed by atoms with Crippen LogP contribution in [0.1, 0.15) is 0 Å². The quantitative estimate of drug-likeness (QED) is 0.585. The molecule has 0 saturated carbocycles. The van der Waals surface area contributed by atoms with Gasteiger partial charge in [-0.15, -0.1) is 0 Å². The Labute approximate surface area is 92.8 Å². The monoisotopic (exact) mass is 220 g/mol. The smallest absolute Gasteiger partial charge is 0.143 e. The average molecular weight is 221 g/mol. The number of aliphatic imine (C=N–C) groups is 1. The predicted octanol–water partition coefficient (Wildman–Crippen LogP) is 2.15. The Balaban J connectivity index is 2.18. The maximum atomic E-state index is 5.96. The SMILES string of the molecule is ClN1C=C2C=CC=CC23OCN=CC3=C1. The normalized spacial score (nSPS) is 31.9. The molecule has 0 amide bonds. The summed E-state index contributed by atoms with van der Waals surface area (Å²) in [5, 5.41) is 0. The van der Waals surface area contributed by atoms with Gasteiger partial charge in [0.1, 0.15) is 12.3 Å². The lowest BCUT2D eigenvalue weighted by Gasteiger charge is -2.39. The van der Waals surface area contributed by atoms with Gasteiger partial charge in [0.15, 0.2) is 0 Å². The Kier molecular flexibility index (Phi) is 1.84. The summed E-state index contributed by atoms with van der Waals surface area (Å²) in [4.78, 5) is 4.10. The van der Waals surface area contributed by atoms with E-state index in [4.69, 9.17) is 16.5 Å². The highest BCUT2D eigenvalue weighted by Gasteiger charge is 2.40. The molecule has 4 heteroatoms. The third-order valence-electron chi connectivity index (χ3n) is 2.70. The fraction of sp³-hybridized carbons (Fsp3) is 0.182. The summed E-state index contributed by atoms with van der Waals surface area (Å²) in [6, 6.07) is 0. The molecule has 0 fully saturated rings. The fourth-order valence-corrected chi connectivity index (χ4v) is 2.20. The van der Waals surface area contributed by atoms with Gasteiger partial charge in [-0.25, -0.2) is 0 Å². The van der Waals surface area contributed by atoms with Gasteiger partial charge < -0.3 is 4.74 Å². The van der Waals surface area contributed by atoms with Gasteiger partial charge in [-0.3, -0.25) is 9.41 Å². The Hall–Kier alpha value is -1.32. The first kappa shape index (κ1) is 8.95. The van der Waals surface area contributed by atoms with E-state index in [9.17, 15) is 0 Å².